The maximum atomic E-state index is 12.0. The van der Waals surface area contributed by atoms with Crippen molar-refractivity contribution in [1.29, 1.82) is 0 Å². The summed E-state index contributed by atoms with van der Waals surface area (Å²) >= 11 is 0. The van der Waals surface area contributed by atoms with Crippen LogP contribution >= 0.6 is 0 Å². The number of hydrogen-bond donors (Lipinski definition) is 1. The fraction of sp³-hybridized carbons (Fsp3) is 0.588. The molecule has 0 radical (unpaired) electrons. The second-order valence-corrected chi connectivity index (χ2v) is 5.84. The molecule has 2 rings (SSSR count). The molecule has 1 aromatic rings. The third-order valence-corrected chi connectivity index (χ3v) is 4.31. The molecule has 1 aliphatic heterocycles. The molecule has 1 aromatic carbocycles. The van der Waals surface area contributed by atoms with Crippen molar-refractivity contribution in [3.63, 3.8) is 0 Å². The lowest BCUT2D eigenvalue weighted by molar-refractivity contribution is 0.0601. The van der Waals surface area contributed by atoms with Gasteiger partial charge in [-0.2, -0.15) is 0 Å². The standard InChI is InChI=1S/C17H26N2O2/c1-3-5-13-6-4-10-19(11-9-13)16-8-7-14(18)12-15(16)17(20)21-2/h7-8,12-13H,3-6,9-11,18H2,1-2H3. The number of hydrogen-bond acceptors (Lipinski definition) is 4. The van der Waals surface area contributed by atoms with E-state index in [2.05, 4.69) is 11.8 Å². The SMILES string of the molecule is CCCC1CCCN(c2ccc(N)cc2C(=O)OC)CC1. The number of nitrogen functional groups attached to an aromatic ring is 1. The maximum Gasteiger partial charge on any atom is 0.340 e. The average Bonchev–Trinajstić information content (AvgIpc) is 2.72. The topological polar surface area (TPSA) is 55.6 Å². The van der Waals surface area contributed by atoms with Gasteiger partial charge in [-0.1, -0.05) is 19.8 Å². The van der Waals surface area contributed by atoms with Crippen LogP contribution in [0.4, 0.5) is 11.4 Å². The van der Waals surface area contributed by atoms with Crippen LogP contribution in [0, 0.1) is 5.92 Å². The van der Waals surface area contributed by atoms with Gasteiger partial charge in [0.05, 0.1) is 18.4 Å². The minimum atomic E-state index is -0.313. The predicted molar refractivity (Wildman–Crippen MR) is 86.7 cm³/mol. The smallest absolute Gasteiger partial charge is 0.340 e. The molecule has 21 heavy (non-hydrogen) atoms. The highest BCUT2D eigenvalue weighted by Gasteiger charge is 2.21. The minimum Gasteiger partial charge on any atom is -0.465 e. The summed E-state index contributed by atoms with van der Waals surface area (Å²) in [7, 11) is 1.41. The molecule has 1 atom stereocenters. The number of methoxy groups -OCH3 is 1. The average molecular weight is 290 g/mol. The van der Waals surface area contributed by atoms with Gasteiger partial charge in [0.1, 0.15) is 0 Å². The zero-order chi connectivity index (χ0) is 15.2. The van der Waals surface area contributed by atoms with Crippen LogP contribution in [-0.2, 0) is 4.74 Å². The largest absolute Gasteiger partial charge is 0.465 e. The van der Waals surface area contributed by atoms with E-state index in [9.17, 15) is 4.79 Å². The summed E-state index contributed by atoms with van der Waals surface area (Å²) in [6.07, 6.45) is 6.21. The molecule has 0 amide bonds. The summed E-state index contributed by atoms with van der Waals surface area (Å²) < 4.78 is 4.89. The van der Waals surface area contributed by atoms with Crippen molar-refractivity contribution in [2.24, 2.45) is 5.92 Å². The molecule has 0 aliphatic carbocycles. The fourth-order valence-corrected chi connectivity index (χ4v) is 3.21. The Morgan fingerprint density at radius 3 is 2.90 bits per heavy atom. The van der Waals surface area contributed by atoms with Crippen molar-refractivity contribution in [3.8, 4) is 0 Å². The third-order valence-electron chi connectivity index (χ3n) is 4.31. The van der Waals surface area contributed by atoms with E-state index in [0.717, 1.165) is 24.7 Å². The predicted octanol–water partition coefficient (Wildman–Crippen LogP) is 3.46. The number of nitrogens with zero attached hydrogens (tertiary/aromatic N) is 1. The van der Waals surface area contributed by atoms with Crippen LogP contribution in [-0.4, -0.2) is 26.2 Å². The summed E-state index contributed by atoms with van der Waals surface area (Å²) in [5, 5.41) is 0. The van der Waals surface area contributed by atoms with E-state index in [0.29, 0.717) is 11.3 Å². The van der Waals surface area contributed by atoms with Crippen molar-refractivity contribution in [3.05, 3.63) is 23.8 Å². The minimum absolute atomic E-state index is 0.313. The normalized spacial score (nSPS) is 19.1. The monoisotopic (exact) mass is 290 g/mol. The molecule has 0 bridgehead atoms. The van der Waals surface area contributed by atoms with E-state index in [1.807, 2.05) is 12.1 Å². The van der Waals surface area contributed by atoms with Gasteiger partial charge in [-0.25, -0.2) is 4.79 Å². The van der Waals surface area contributed by atoms with Crippen molar-refractivity contribution in [1.82, 2.24) is 0 Å². The Bertz CT molecular complexity index is 488. The Morgan fingerprint density at radius 1 is 1.38 bits per heavy atom. The molecule has 1 aliphatic rings. The van der Waals surface area contributed by atoms with Crippen molar-refractivity contribution in [2.75, 3.05) is 30.8 Å². The Kier molecular flexibility index (Phi) is 5.48. The Balaban J connectivity index is 2.19. The van der Waals surface area contributed by atoms with E-state index in [1.165, 1.54) is 39.2 Å². The molecular formula is C17H26N2O2. The fourth-order valence-electron chi connectivity index (χ4n) is 3.21. The maximum absolute atomic E-state index is 12.0. The first-order valence-corrected chi connectivity index (χ1v) is 7.88. The lowest BCUT2D eigenvalue weighted by Gasteiger charge is -2.25. The van der Waals surface area contributed by atoms with Gasteiger partial charge in [0.15, 0.2) is 0 Å². The van der Waals surface area contributed by atoms with Gasteiger partial charge < -0.3 is 15.4 Å². The first kappa shape index (κ1) is 15.7. The van der Waals surface area contributed by atoms with Crippen LogP contribution in [0.15, 0.2) is 18.2 Å². The lowest BCUT2D eigenvalue weighted by atomic mass is 9.96. The summed E-state index contributed by atoms with van der Waals surface area (Å²) in [6.45, 7) is 4.24. The van der Waals surface area contributed by atoms with E-state index in [4.69, 9.17) is 10.5 Å². The van der Waals surface area contributed by atoms with Gasteiger partial charge in [0.2, 0.25) is 0 Å². The molecule has 1 saturated heterocycles. The molecule has 116 valence electrons. The Morgan fingerprint density at radius 2 is 2.19 bits per heavy atom. The molecule has 0 aromatic heterocycles. The first-order chi connectivity index (χ1) is 10.2. The molecular weight excluding hydrogens is 264 g/mol. The van der Waals surface area contributed by atoms with E-state index in [1.54, 1.807) is 6.07 Å². The number of benzene rings is 1. The summed E-state index contributed by atoms with van der Waals surface area (Å²) in [6, 6.07) is 5.52. The molecule has 2 N–H and O–H groups in total. The number of nitrogens with two attached hydrogens (primary N) is 1. The van der Waals surface area contributed by atoms with E-state index in [-0.39, 0.29) is 5.97 Å². The first-order valence-electron chi connectivity index (χ1n) is 7.88. The second kappa shape index (κ2) is 7.34. The van der Waals surface area contributed by atoms with Gasteiger partial charge in [-0.3, -0.25) is 0 Å². The quantitative estimate of drug-likeness (QED) is 0.681. The van der Waals surface area contributed by atoms with Gasteiger partial charge in [0.25, 0.3) is 0 Å². The molecule has 1 fully saturated rings. The van der Waals surface area contributed by atoms with Crippen LogP contribution in [0.2, 0.25) is 0 Å². The number of carbonyl (C=O) groups excluding carboxylic acids is 1. The summed E-state index contributed by atoms with van der Waals surface area (Å²) in [5.41, 5.74) is 7.94. The zero-order valence-corrected chi connectivity index (χ0v) is 13.1. The summed E-state index contributed by atoms with van der Waals surface area (Å²) in [4.78, 5) is 14.3. The molecule has 4 nitrogen and oxygen atoms in total. The lowest BCUT2D eigenvalue weighted by Crippen LogP contribution is -2.26. The van der Waals surface area contributed by atoms with Gasteiger partial charge in [-0.15, -0.1) is 0 Å². The number of rotatable bonds is 4. The highest BCUT2D eigenvalue weighted by atomic mass is 16.5. The van der Waals surface area contributed by atoms with Crippen LogP contribution < -0.4 is 10.6 Å². The number of esters is 1. The highest BCUT2D eigenvalue weighted by Crippen LogP contribution is 2.29. The van der Waals surface area contributed by atoms with Crippen LogP contribution in [0.3, 0.4) is 0 Å². The van der Waals surface area contributed by atoms with Crippen molar-refractivity contribution < 1.29 is 9.53 Å². The van der Waals surface area contributed by atoms with Crippen molar-refractivity contribution in [2.45, 2.75) is 39.0 Å². The molecule has 0 saturated carbocycles. The second-order valence-electron chi connectivity index (χ2n) is 5.84. The van der Waals surface area contributed by atoms with E-state index < -0.39 is 0 Å². The molecule has 1 heterocycles. The van der Waals surface area contributed by atoms with Crippen LogP contribution in [0.25, 0.3) is 0 Å². The zero-order valence-electron chi connectivity index (χ0n) is 13.1. The van der Waals surface area contributed by atoms with Gasteiger partial charge >= 0.3 is 5.97 Å². The number of anilines is 2. The van der Waals surface area contributed by atoms with Crippen molar-refractivity contribution >= 4 is 17.3 Å². The van der Waals surface area contributed by atoms with Crippen LogP contribution in [0.5, 0.6) is 0 Å². The highest BCUT2D eigenvalue weighted by molar-refractivity contribution is 5.97. The van der Waals surface area contributed by atoms with Gasteiger partial charge in [0, 0.05) is 18.8 Å². The molecule has 0 spiro atoms. The van der Waals surface area contributed by atoms with Gasteiger partial charge in [-0.05, 0) is 43.4 Å². The Labute approximate surface area is 127 Å². The molecule has 1 unspecified atom stereocenters. The summed E-state index contributed by atoms with van der Waals surface area (Å²) in [5.74, 6) is 0.502. The number of carbonyl (C=O) groups is 1. The molecule has 4 heteroatoms. The number of ether oxygens (including phenoxy) is 1. The third kappa shape index (κ3) is 3.90. The van der Waals surface area contributed by atoms with Crippen LogP contribution in [0.1, 0.15) is 49.4 Å². The Hall–Kier alpha value is -1.71. The van der Waals surface area contributed by atoms with E-state index >= 15 is 0 Å².